The molecule has 1 aromatic carbocycles. The molecule has 4 nitrogen and oxygen atoms in total. The average molecular weight is 289 g/mol. The Hall–Kier alpha value is -2.43. The van der Waals surface area contributed by atoms with E-state index in [0.29, 0.717) is 5.75 Å². The van der Waals surface area contributed by atoms with E-state index in [0.717, 1.165) is 17.8 Å². The number of benzene rings is 1. The molecule has 1 heterocycles. The van der Waals surface area contributed by atoms with E-state index in [1.165, 1.54) is 0 Å². The molecule has 0 spiro atoms. The maximum absolute atomic E-state index is 13.0. The number of nitrogens with zero attached hydrogens (tertiary/aromatic N) is 1. The number of carboxylic acid groups (broad SMARTS) is 1. The lowest BCUT2D eigenvalue weighted by molar-refractivity contribution is 0.0692. The van der Waals surface area contributed by atoms with E-state index in [-0.39, 0.29) is 16.9 Å². The zero-order valence-corrected chi connectivity index (χ0v) is 12.1. The molecule has 21 heavy (non-hydrogen) atoms. The summed E-state index contributed by atoms with van der Waals surface area (Å²) < 4.78 is 18.5. The quantitative estimate of drug-likeness (QED) is 0.927. The van der Waals surface area contributed by atoms with Gasteiger partial charge in [-0.1, -0.05) is 32.9 Å². The highest BCUT2D eigenvalue weighted by molar-refractivity contribution is 5.90. The van der Waals surface area contributed by atoms with Gasteiger partial charge < -0.3 is 9.84 Å². The fraction of sp³-hybridized carbons (Fsp3) is 0.250. The summed E-state index contributed by atoms with van der Waals surface area (Å²) >= 11 is 0. The smallest absolute Gasteiger partial charge is 0.341 e. The third-order valence-electron chi connectivity index (χ3n) is 2.98. The molecule has 0 saturated heterocycles. The number of carboxylic acids is 1. The molecule has 0 fully saturated rings. The number of carbonyl (C=O) groups is 1. The molecule has 2 rings (SSSR count). The average Bonchev–Trinajstić information content (AvgIpc) is 2.40. The van der Waals surface area contributed by atoms with Gasteiger partial charge in [0.05, 0.1) is 6.20 Å². The molecule has 1 N–H and O–H groups in total. The first-order valence-electron chi connectivity index (χ1n) is 6.44. The number of aromatic nitrogens is 1. The first kappa shape index (κ1) is 15.0. The van der Waals surface area contributed by atoms with Crippen molar-refractivity contribution in [3.8, 4) is 11.6 Å². The van der Waals surface area contributed by atoms with E-state index in [4.69, 9.17) is 9.84 Å². The van der Waals surface area contributed by atoms with Crippen LogP contribution in [0, 0.1) is 5.82 Å². The van der Waals surface area contributed by atoms with Gasteiger partial charge in [0.15, 0.2) is 0 Å². The number of hydrogen-bond donors (Lipinski definition) is 1. The van der Waals surface area contributed by atoms with Gasteiger partial charge in [0.1, 0.15) is 17.1 Å². The molecule has 0 atom stereocenters. The van der Waals surface area contributed by atoms with Crippen LogP contribution in [0.5, 0.6) is 11.6 Å². The summed E-state index contributed by atoms with van der Waals surface area (Å²) in [4.78, 5) is 14.8. The molecular weight excluding hydrogens is 273 g/mol. The predicted octanol–water partition coefficient (Wildman–Crippen LogP) is 4.01. The summed E-state index contributed by atoms with van der Waals surface area (Å²) in [5.74, 6) is -1.69. The lowest BCUT2D eigenvalue weighted by Gasteiger charge is -2.19. The van der Waals surface area contributed by atoms with Crippen LogP contribution in [0.25, 0.3) is 0 Å². The zero-order chi connectivity index (χ0) is 15.6. The minimum absolute atomic E-state index is 0.0128. The normalized spacial score (nSPS) is 11.2. The number of ether oxygens (including phenoxy) is 1. The van der Waals surface area contributed by atoms with E-state index in [2.05, 4.69) is 25.8 Å². The minimum Gasteiger partial charge on any atom is -0.477 e. The van der Waals surface area contributed by atoms with E-state index in [1.54, 1.807) is 12.1 Å². The fourth-order valence-electron chi connectivity index (χ4n) is 1.80. The SMILES string of the molecule is CC(C)(C)c1ccc(Oc2ncc(F)cc2C(=O)O)cc1. The van der Waals surface area contributed by atoms with Gasteiger partial charge in [0.25, 0.3) is 0 Å². The van der Waals surface area contributed by atoms with Crippen LogP contribution < -0.4 is 4.74 Å². The molecule has 0 aliphatic carbocycles. The van der Waals surface area contributed by atoms with E-state index < -0.39 is 11.8 Å². The Morgan fingerprint density at radius 3 is 2.38 bits per heavy atom. The van der Waals surface area contributed by atoms with Crippen LogP contribution in [-0.2, 0) is 5.41 Å². The molecule has 1 aromatic heterocycles. The van der Waals surface area contributed by atoms with E-state index >= 15 is 0 Å². The summed E-state index contributed by atoms with van der Waals surface area (Å²) in [6, 6.07) is 8.15. The third-order valence-corrected chi connectivity index (χ3v) is 2.98. The Morgan fingerprint density at radius 1 is 1.24 bits per heavy atom. The first-order chi connectivity index (χ1) is 9.77. The Balaban J connectivity index is 2.28. The number of hydrogen-bond acceptors (Lipinski definition) is 3. The van der Waals surface area contributed by atoms with Crippen molar-refractivity contribution < 1.29 is 19.0 Å². The van der Waals surface area contributed by atoms with Gasteiger partial charge in [0, 0.05) is 0 Å². The van der Waals surface area contributed by atoms with Crippen LogP contribution in [0.1, 0.15) is 36.7 Å². The van der Waals surface area contributed by atoms with Crippen LogP contribution in [-0.4, -0.2) is 16.1 Å². The van der Waals surface area contributed by atoms with Crippen LogP contribution in [0.4, 0.5) is 4.39 Å². The summed E-state index contributed by atoms with van der Waals surface area (Å²) in [5.41, 5.74) is 0.828. The number of aromatic carboxylic acids is 1. The number of halogens is 1. The number of rotatable bonds is 3. The molecular formula is C16H16FNO3. The van der Waals surface area contributed by atoms with Gasteiger partial charge in [-0.05, 0) is 29.2 Å². The van der Waals surface area contributed by atoms with E-state index in [9.17, 15) is 9.18 Å². The maximum atomic E-state index is 13.0. The topological polar surface area (TPSA) is 59.4 Å². The van der Waals surface area contributed by atoms with Crippen LogP contribution in [0.15, 0.2) is 36.5 Å². The molecule has 0 aliphatic rings. The molecule has 110 valence electrons. The van der Waals surface area contributed by atoms with Gasteiger partial charge in [0.2, 0.25) is 5.88 Å². The van der Waals surface area contributed by atoms with Crippen molar-refractivity contribution in [3.05, 3.63) is 53.5 Å². The number of pyridine rings is 1. The molecule has 0 amide bonds. The standard InChI is InChI=1S/C16H16FNO3/c1-16(2,3)10-4-6-12(7-5-10)21-14-13(15(19)20)8-11(17)9-18-14/h4-9H,1-3H3,(H,19,20). The van der Waals surface area contributed by atoms with Gasteiger partial charge >= 0.3 is 5.97 Å². The Bertz CT molecular complexity index is 660. The fourth-order valence-corrected chi connectivity index (χ4v) is 1.80. The zero-order valence-electron chi connectivity index (χ0n) is 12.1. The van der Waals surface area contributed by atoms with Crippen LogP contribution in [0.2, 0.25) is 0 Å². The van der Waals surface area contributed by atoms with Crippen LogP contribution >= 0.6 is 0 Å². The second-order valence-electron chi connectivity index (χ2n) is 5.69. The van der Waals surface area contributed by atoms with Crippen molar-refractivity contribution in [3.63, 3.8) is 0 Å². The highest BCUT2D eigenvalue weighted by Crippen LogP contribution is 2.27. The molecule has 2 aromatic rings. The largest absolute Gasteiger partial charge is 0.477 e. The maximum Gasteiger partial charge on any atom is 0.341 e. The van der Waals surface area contributed by atoms with Crippen molar-refractivity contribution in [2.45, 2.75) is 26.2 Å². The Morgan fingerprint density at radius 2 is 1.86 bits per heavy atom. The van der Waals surface area contributed by atoms with Crippen molar-refractivity contribution in [1.82, 2.24) is 4.98 Å². The second kappa shape index (κ2) is 5.52. The molecule has 0 aliphatic heterocycles. The predicted molar refractivity (Wildman–Crippen MR) is 76.4 cm³/mol. The highest BCUT2D eigenvalue weighted by atomic mass is 19.1. The van der Waals surface area contributed by atoms with Gasteiger partial charge in [-0.3, -0.25) is 0 Å². The molecule has 0 unspecified atom stereocenters. The summed E-state index contributed by atoms with van der Waals surface area (Å²) in [6.07, 6.45) is 0.922. The summed E-state index contributed by atoms with van der Waals surface area (Å²) in [7, 11) is 0. The van der Waals surface area contributed by atoms with E-state index in [1.807, 2.05) is 12.1 Å². The molecule has 0 bridgehead atoms. The third kappa shape index (κ3) is 3.56. The van der Waals surface area contributed by atoms with Crippen molar-refractivity contribution >= 4 is 5.97 Å². The Labute approximate surface area is 122 Å². The molecule has 5 heteroatoms. The second-order valence-corrected chi connectivity index (χ2v) is 5.69. The van der Waals surface area contributed by atoms with Gasteiger partial charge in [-0.2, -0.15) is 0 Å². The van der Waals surface area contributed by atoms with Crippen molar-refractivity contribution in [2.75, 3.05) is 0 Å². The molecule has 0 saturated carbocycles. The van der Waals surface area contributed by atoms with Crippen molar-refractivity contribution in [1.29, 1.82) is 0 Å². The summed E-state index contributed by atoms with van der Waals surface area (Å²) in [6.45, 7) is 6.27. The lowest BCUT2D eigenvalue weighted by atomic mass is 9.87. The lowest BCUT2D eigenvalue weighted by Crippen LogP contribution is -2.10. The van der Waals surface area contributed by atoms with Crippen LogP contribution in [0.3, 0.4) is 0 Å². The first-order valence-corrected chi connectivity index (χ1v) is 6.44. The monoisotopic (exact) mass is 289 g/mol. The minimum atomic E-state index is -1.29. The van der Waals surface area contributed by atoms with Gasteiger partial charge in [-0.25, -0.2) is 14.2 Å². The molecule has 0 radical (unpaired) electrons. The highest BCUT2D eigenvalue weighted by Gasteiger charge is 2.16. The summed E-state index contributed by atoms with van der Waals surface area (Å²) in [5, 5.41) is 9.03. The Kier molecular flexibility index (Phi) is 3.93. The van der Waals surface area contributed by atoms with Gasteiger partial charge in [-0.15, -0.1) is 0 Å². The van der Waals surface area contributed by atoms with Crippen molar-refractivity contribution in [2.24, 2.45) is 0 Å².